The van der Waals surface area contributed by atoms with E-state index in [2.05, 4.69) is 10.1 Å². The molecule has 0 fully saturated rings. The van der Waals surface area contributed by atoms with Gasteiger partial charge in [0.1, 0.15) is 5.75 Å². The molecule has 0 radical (unpaired) electrons. The van der Waals surface area contributed by atoms with Crippen molar-refractivity contribution in [2.75, 3.05) is 0 Å². The minimum Gasteiger partial charge on any atom is -0.434 e. The van der Waals surface area contributed by atoms with Crippen molar-refractivity contribution in [2.45, 2.75) is 40.0 Å². The molecule has 1 aromatic carbocycles. The van der Waals surface area contributed by atoms with Crippen molar-refractivity contribution in [3.63, 3.8) is 0 Å². The number of aryl methyl sites for hydroxylation is 1. The highest BCUT2D eigenvalue weighted by atomic mass is 35.5. The number of hydrogen-bond donors (Lipinski definition) is 2. The van der Waals surface area contributed by atoms with E-state index in [1.807, 2.05) is 6.92 Å². The van der Waals surface area contributed by atoms with Crippen LogP contribution in [0.15, 0.2) is 18.2 Å². The predicted molar refractivity (Wildman–Crippen MR) is 79.7 cm³/mol. The van der Waals surface area contributed by atoms with Gasteiger partial charge in [-0.25, -0.2) is 0 Å². The Labute approximate surface area is 129 Å². The molecule has 1 aromatic rings. The normalized spacial score (nSPS) is 13.3. The van der Waals surface area contributed by atoms with Gasteiger partial charge in [-0.3, -0.25) is 4.79 Å². The van der Waals surface area contributed by atoms with Gasteiger partial charge in [-0.05, 0) is 19.9 Å². The Balaban J connectivity index is 0.00000400. The maximum Gasteiger partial charge on any atom is 0.387 e. The quantitative estimate of drug-likeness (QED) is 0.846. The van der Waals surface area contributed by atoms with Crippen LogP contribution in [0.4, 0.5) is 8.78 Å². The Morgan fingerprint density at radius 2 is 2.00 bits per heavy atom. The van der Waals surface area contributed by atoms with Gasteiger partial charge in [0.2, 0.25) is 5.91 Å². The maximum atomic E-state index is 12.3. The Kier molecular flexibility index (Phi) is 8.21. The Morgan fingerprint density at radius 1 is 1.38 bits per heavy atom. The smallest absolute Gasteiger partial charge is 0.387 e. The molecular formula is C14H21ClF2N2O2. The van der Waals surface area contributed by atoms with Crippen LogP contribution in [0.3, 0.4) is 0 Å². The molecule has 0 aliphatic carbocycles. The summed E-state index contributed by atoms with van der Waals surface area (Å²) in [6.07, 6.45) is 0. The molecule has 0 saturated heterocycles. The first-order valence-corrected chi connectivity index (χ1v) is 6.39. The molecule has 0 aliphatic heterocycles. The van der Waals surface area contributed by atoms with Crippen LogP contribution in [0, 0.1) is 12.8 Å². The van der Waals surface area contributed by atoms with Gasteiger partial charge >= 0.3 is 6.61 Å². The zero-order chi connectivity index (χ0) is 15.3. The van der Waals surface area contributed by atoms with E-state index in [-0.39, 0.29) is 42.6 Å². The SMILES string of the molecule is Cc1ccc(OC(F)F)c(CNC(=O)C(C)C(C)N)c1.Cl. The number of benzene rings is 1. The second-order valence-corrected chi connectivity index (χ2v) is 4.86. The zero-order valence-electron chi connectivity index (χ0n) is 12.2. The molecule has 0 aliphatic rings. The number of amides is 1. The van der Waals surface area contributed by atoms with Crippen molar-refractivity contribution >= 4 is 18.3 Å². The van der Waals surface area contributed by atoms with Crippen LogP contribution >= 0.6 is 12.4 Å². The largest absolute Gasteiger partial charge is 0.434 e. The summed E-state index contributed by atoms with van der Waals surface area (Å²) >= 11 is 0. The van der Waals surface area contributed by atoms with Crippen molar-refractivity contribution in [1.29, 1.82) is 0 Å². The van der Waals surface area contributed by atoms with E-state index in [0.29, 0.717) is 5.56 Å². The van der Waals surface area contributed by atoms with Gasteiger partial charge in [-0.15, -0.1) is 12.4 Å². The summed E-state index contributed by atoms with van der Waals surface area (Å²) in [4.78, 5) is 11.8. The second kappa shape index (κ2) is 8.79. The van der Waals surface area contributed by atoms with Gasteiger partial charge in [-0.2, -0.15) is 8.78 Å². The summed E-state index contributed by atoms with van der Waals surface area (Å²) in [5.74, 6) is -0.497. The minimum absolute atomic E-state index is 0. The average Bonchev–Trinajstić information content (AvgIpc) is 2.37. The van der Waals surface area contributed by atoms with Crippen LogP contribution < -0.4 is 15.8 Å². The fraction of sp³-hybridized carbons (Fsp3) is 0.500. The topological polar surface area (TPSA) is 64.3 Å². The lowest BCUT2D eigenvalue weighted by Crippen LogP contribution is -2.38. The van der Waals surface area contributed by atoms with Crippen molar-refractivity contribution in [3.8, 4) is 5.75 Å². The summed E-state index contributed by atoms with van der Waals surface area (Å²) < 4.78 is 29.0. The highest BCUT2D eigenvalue weighted by molar-refractivity contribution is 5.85. The third-order valence-corrected chi connectivity index (χ3v) is 3.09. The van der Waals surface area contributed by atoms with Crippen LogP contribution in [0.25, 0.3) is 0 Å². The first-order chi connectivity index (χ1) is 9.31. The molecule has 1 amide bonds. The van der Waals surface area contributed by atoms with E-state index < -0.39 is 6.61 Å². The number of hydrogen-bond acceptors (Lipinski definition) is 3. The van der Waals surface area contributed by atoms with E-state index in [1.165, 1.54) is 6.07 Å². The number of ether oxygens (including phenoxy) is 1. The molecule has 2 unspecified atom stereocenters. The third kappa shape index (κ3) is 6.27. The molecule has 7 heteroatoms. The fourth-order valence-electron chi connectivity index (χ4n) is 1.64. The highest BCUT2D eigenvalue weighted by Crippen LogP contribution is 2.22. The standard InChI is InChI=1S/C14H20F2N2O2.ClH/c1-8-4-5-12(20-14(15)16)11(6-8)7-18-13(19)9(2)10(3)17;/h4-6,9-10,14H,7,17H2,1-3H3,(H,18,19);1H. The number of nitrogens with one attached hydrogen (secondary N) is 1. The van der Waals surface area contributed by atoms with Crippen LogP contribution in [-0.2, 0) is 11.3 Å². The lowest BCUT2D eigenvalue weighted by atomic mass is 10.0. The molecule has 1 rings (SSSR count). The highest BCUT2D eigenvalue weighted by Gasteiger charge is 2.17. The minimum atomic E-state index is -2.89. The molecule has 0 saturated carbocycles. The van der Waals surface area contributed by atoms with Gasteiger partial charge in [0.15, 0.2) is 0 Å². The molecular weight excluding hydrogens is 302 g/mol. The van der Waals surface area contributed by atoms with E-state index in [9.17, 15) is 13.6 Å². The zero-order valence-corrected chi connectivity index (χ0v) is 13.0. The van der Waals surface area contributed by atoms with E-state index >= 15 is 0 Å². The van der Waals surface area contributed by atoms with E-state index in [4.69, 9.17) is 5.73 Å². The van der Waals surface area contributed by atoms with Crippen LogP contribution in [0.2, 0.25) is 0 Å². The Bertz CT molecular complexity index is 470. The number of rotatable bonds is 6. The first kappa shape index (κ1) is 19.6. The maximum absolute atomic E-state index is 12.3. The third-order valence-electron chi connectivity index (χ3n) is 3.09. The van der Waals surface area contributed by atoms with E-state index in [1.54, 1.807) is 26.0 Å². The lowest BCUT2D eigenvalue weighted by Gasteiger charge is -2.17. The molecule has 0 heterocycles. The summed E-state index contributed by atoms with van der Waals surface area (Å²) in [6.45, 7) is 2.52. The average molecular weight is 323 g/mol. The molecule has 0 spiro atoms. The molecule has 0 aromatic heterocycles. The predicted octanol–water partition coefficient (Wildman–Crippen LogP) is 2.62. The Hall–Kier alpha value is -1.40. The van der Waals surface area contributed by atoms with Crippen molar-refractivity contribution in [1.82, 2.24) is 5.32 Å². The van der Waals surface area contributed by atoms with Crippen molar-refractivity contribution < 1.29 is 18.3 Å². The molecule has 0 bridgehead atoms. The van der Waals surface area contributed by atoms with Gasteiger partial charge < -0.3 is 15.8 Å². The second-order valence-electron chi connectivity index (χ2n) is 4.86. The molecule has 2 atom stereocenters. The molecule has 21 heavy (non-hydrogen) atoms. The van der Waals surface area contributed by atoms with Gasteiger partial charge in [0, 0.05) is 24.1 Å². The summed E-state index contributed by atoms with van der Waals surface area (Å²) in [5.41, 5.74) is 7.05. The van der Waals surface area contributed by atoms with Crippen LogP contribution in [0.5, 0.6) is 5.75 Å². The van der Waals surface area contributed by atoms with E-state index in [0.717, 1.165) is 5.56 Å². The number of carbonyl (C=O) groups excluding carboxylic acids is 1. The monoisotopic (exact) mass is 322 g/mol. The number of alkyl halides is 2. The Morgan fingerprint density at radius 3 is 2.52 bits per heavy atom. The summed E-state index contributed by atoms with van der Waals surface area (Å²) in [5, 5.41) is 2.68. The number of nitrogens with two attached hydrogens (primary N) is 1. The lowest BCUT2D eigenvalue weighted by molar-refractivity contribution is -0.125. The number of carbonyl (C=O) groups is 1. The molecule has 4 nitrogen and oxygen atoms in total. The summed E-state index contributed by atoms with van der Waals surface area (Å²) in [7, 11) is 0. The van der Waals surface area contributed by atoms with Gasteiger partial charge in [-0.1, -0.05) is 24.6 Å². The van der Waals surface area contributed by atoms with Crippen molar-refractivity contribution in [2.24, 2.45) is 11.7 Å². The van der Waals surface area contributed by atoms with Crippen LogP contribution in [0.1, 0.15) is 25.0 Å². The van der Waals surface area contributed by atoms with Crippen molar-refractivity contribution in [3.05, 3.63) is 29.3 Å². The first-order valence-electron chi connectivity index (χ1n) is 6.39. The van der Waals surface area contributed by atoms with Crippen LogP contribution in [-0.4, -0.2) is 18.6 Å². The van der Waals surface area contributed by atoms with Gasteiger partial charge in [0.05, 0.1) is 0 Å². The number of halogens is 3. The summed E-state index contributed by atoms with van der Waals surface area (Å²) in [6, 6.07) is 4.57. The fourth-order valence-corrected chi connectivity index (χ4v) is 1.64. The molecule has 120 valence electrons. The van der Waals surface area contributed by atoms with Gasteiger partial charge in [0.25, 0.3) is 0 Å². The molecule has 3 N–H and O–H groups in total.